The molecule has 1 fully saturated rings. The molecule has 5 rings (SSSR count). The molecule has 0 radical (unpaired) electrons. The SMILES string of the molecule is Cc1nc2cnc3[nH]ccc3c2n1C1CCN(Cc2ccccc2)CC1C.Cl.Cl. The molecule has 1 aliphatic heterocycles. The van der Waals surface area contributed by atoms with E-state index in [4.69, 9.17) is 4.98 Å². The Bertz CT molecular complexity index is 1090. The van der Waals surface area contributed by atoms with Gasteiger partial charge in [-0.2, -0.15) is 0 Å². The summed E-state index contributed by atoms with van der Waals surface area (Å²) in [5.41, 5.74) is 4.57. The summed E-state index contributed by atoms with van der Waals surface area (Å²) in [6.07, 6.45) is 5.01. The number of hydrogen-bond acceptors (Lipinski definition) is 3. The zero-order valence-corrected chi connectivity index (χ0v) is 18.3. The number of H-pyrrole nitrogens is 1. The van der Waals surface area contributed by atoms with Crippen LogP contribution in [0.1, 0.15) is 30.8 Å². The van der Waals surface area contributed by atoms with Crippen molar-refractivity contribution >= 4 is 46.9 Å². The molecule has 0 bridgehead atoms. The summed E-state index contributed by atoms with van der Waals surface area (Å²) in [6, 6.07) is 13.4. The van der Waals surface area contributed by atoms with E-state index in [0.29, 0.717) is 12.0 Å². The number of aromatic nitrogens is 4. The molecule has 1 saturated heterocycles. The van der Waals surface area contributed by atoms with Crippen LogP contribution in [0, 0.1) is 12.8 Å². The third kappa shape index (κ3) is 3.87. The molecule has 29 heavy (non-hydrogen) atoms. The van der Waals surface area contributed by atoms with Gasteiger partial charge in [-0.15, -0.1) is 24.8 Å². The van der Waals surface area contributed by atoms with E-state index in [0.717, 1.165) is 43.0 Å². The van der Waals surface area contributed by atoms with E-state index in [1.165, 1.54) is 16.5 Å². The van der Waals surface area contributed by atoms with Gasteiger partial charge in [0.25, 0.3) is 0 Å². The van der Waals surface area contributed by atoms with Crippen LogP contribution in [0.5, 0.6) is 0 Å². The van der Waals surface area contributed by atoms with Gasteiger partial charge in [0.05, 0.1) is 11.7 Å². The van der Waals surface area contributed by atoms with Gasteiger partial charge in [-0.3, -0.25) is 4.90 Å². The Labute approximate surface area is 183 Å². The molecular weight excluding hydrogens is 405 g/mol. The average molecular weight is 432 g/mol. The van der Waals surface area contributed by atoms with Gasteiger partial charge in [-0.1, -0.05) is 37.3 Å². The number of pyridine rings is 1. The van der Waals surface area contributed by atoms with Crippen molar-refractivity contribution in [2.45, 2.75) is 32.9 Å². The first-order valence-corrected chi connectivity index (χ1v) is 9.77. The first-order valence-electron chi connectivity index (χ1n) is 9.77. The van der Waals surface area contributed by atoms with E-state index in [1.807, 2.05) is 12.4 Å². The maximum absolute atomic E-state index is 4.81. The summed E-state index contributed by atoms with van der Waals surface area (Å²) in [6.45, 7) is 7.77. The van der Waals surface area contributed by atoms with Crippen LogP contribution in [0.4, 0.5) is 0 Å². The molecule has 3 aromatic heterocycles. The number of benzene rings is 1. The minimum Gasteiger partial charge on any atom is -0.346 e. The first kappa shape index (κ1) is 21.6. The summed E-state index contributed by atoms with van der Waals surface area (Å²) in [5.74, 6) is 1.66. The van der Waals surface area contributed by atoms with Crippen LogP contribution in [0.15, 0.2) is 48.8 Å². The zero-order valence-electron chi connectivity index (χ0n) is 16.7. The smallest absolute Gasteiger partial charge is 0.139 e. The number of imidazole rings is 1. The fourth-order valence-electron chi connectivity index (χ4n) is 4.70. The van der Waals surface area contributed by atoms with Crippen molar-refractivity contribution in [1.29, 1.82) is 0 Å². The van der Waals surface area contributed by atoms with E-state index >= 15 is 0 Å². The Morgan fingerprint density at radius 2 is 1.93 bits per heavy atom. The number of aromatic amines is 1. The molecule has 2 unspecified atom stereocenters. The lowest BCUT2D eigenvalue weighted by Gasteiger charge is -2.38. The lowest BCUT2D eigenvalue weighted by Crippen LogP contribution is -2.40. The molecule has 1 N–H and O–H groups in total. The minimum absolute atomic E-state index is 0. The van der Waals surface area contributed by atoms with Crippen molar-refractivity contribution in [3.63, 3.8) is 0 Å². The van der Waals surface area contributed by atoms with Crippen LogP contribution < -0.4 is 0 Å². The zero-order chi connectivity index (χ0) is 18.4. The highest BCUT2D eigenvalue weighted by Gasteiger charge is 2.30. The normalized spacial score (nSPS) is 19.8. The largest absolute Gasteiger partial charge is 0.346 e. The lowest BCUT2D eigenvalue weighted by molar-refractivity contribution is 0.128. The summed E-state index contributed by atoms with van der Waals surface area (Å²) in [4.78, 5) is 15.1. The molecule has 0 aliphatic carbocycles. The summed E-state index contributed by atoms with van der Waals surface area (Å²) >= 11 is 0. The van der Waals surface area contributed by atoms with E-state index in [-0.39, 0.29) is 24.8 Å². The van der Waals surface area contributed by atoms with Crippen molar-refractivity contribution in [3.8, 4) is 0 Å². The number of rotatable bonds is 3. The predicted octanol–water partition coefficient (Wildman–Crippen LogP) is 5.15. The van der Waals surface area contributed by atoms with Crippen LogP contribution in [-0.4, -0.2) is 37.5 Å². The van der Waals surface area contributed by atoms with Gasteiger partial charge in [0.15, 0.2) is 0 Å². The Kier molecular flexibility index (Phi) is 6.52. The Morgan fingerprint density at radius 3 is 2.69 bits per heavy atom. The number of halogens is 2. The Morgan fingerprint density at radius 1 is 1.14 bits per heavy atom. The second-order valence-electron chi connectivity index (χ2n) is 7.82. The Balaban J connectivity index is 0.00000120. The summed E-state index contributed by atoms with van der Waals surface area (Å²) < 4.78 is 2.47. The number of nitrogens with zero attached hydrogens (tertiary/aromatic N) is 4. The molecule has 1 aromatic carbocycles. The molecule has 2 atom stereocenters. The molecule has 1 aliphatic rings. The molecule has 0 spiro atoms. The quantitative estimate of drug-likeness (QED) is 0.487. The number of hydrogen-bond donors (Lipinski definition) is 1. The van der Waals surface area contributed by atoms with Crippen molar-refractivity contribution < 1.29 is 0 Å². The molecular formula is C22H27Cl2N5. The van der Waals surface area contributed by atoms with Gasteiger partial charge < -0.3 is 9.55 Å². The minimum atomic E-state index is 0. The van der Waals surface area contributed by atoms with Crippen molar-refractivity contribution in [2.75, 3.05) is 13.1 Å². The highest BCUT2D eigenvalue weighted by molar-refractivity contribution is 6.01. The molecule has 5 nitrogen and oxygen atoms in total. The number of likely N-dealkylation sites (tertiary alicyclic amines) is 1. The monoisotopic (exact) mass is 431 g/mol. The molecule has 4 heterocycles. The van der Waals surface area contributed by atoms with Gasteiger partial charge in [-0.05, 0) is 30.9 Å². The Hall–Kier alpha value is -2.08. The number of nitrogens with one attached hydrogen (secondary N) is 1. The molecule has 0 saturated carbocycles. The maximum atomic E-state index is 4.81. The topological polar surface area (TPSA) is 49.7 Å². The van der Waals surface area contributed by atoms with Crippen molar-refractivity contribution in [3.05, 3.63) is 60.2 Å². The van der Waals surface area contributed by atoms with E-state index in [2.05, 4.69) is 69.7 Å². The third-order valence-electron chi connectivity index (χ3n) is 5.94. The summed E-state index contributed by atoms with van der Waals surface area (Å²) in [7, 11) is 0. The highest BCUT2D eigenvalue weighted by Crippen LogP contribution is 2.35. The highest BCUT2D eigenvalue weighted by atomic mass is 35.5. The molecule has 0 amide bonds. The number of aryl methyl sites for hydroxylation is 1. The second kappa shape index (κ2) is 8.74. The molecule has 4 aromatic rings. The van der Waals surface area contributed by atoms with Crippen LogP contribution in [0.25, 0.3) is 22.1 Å². The average Bonchev–Trinajstić information content (AvgIpc) is 3.26. The fourth-order valence-corrected chi connectivity index (χ4v) is 4.70. The van der Waals surface area contributed by atoms with Crippen LogP contribution in [0.3, 0.4) is 0 Å². The van der Waals surface area contributed by atoms with Gasteiger partial charge in [0.1, 0.15) is 17.0 Å². The van der Waals surface area contributed by atoms with Gasteiger partial charge in [0.2, 0.25) is 0 Å². The van der Waals surface area contributed by atoms with Gasteiger partial charge in [-0.25, -0.2) is 9.97 Å². The van der Waals surface area contributed by atoms with Crippen LogP contribution >= 0.6 is 24.8 Å². The fraction of sp³-hybridized carbons (Fsp3) is 0.364. The number of fused-ring (bicyclic) bond motifs is 3. The van der Waals surface area contributed by atoms with E-state index in [9.17, 15) is 0 Å². The lowest BCUT2D eigenvalue weighted by atomic mass is 9.92. The maximum Gasteiger partial charge on any atom is 0.139 e. The third-order valence-corrected chi connectivity index (χ3v) is 5.94. The number of piperidine rings is 1. The van der Waals surface area contributed by atoms with Gasteiger partial charge >= 0.3 is 0 Å². The van der Waals surface area contributed by atoms with E-state index in [1.54, 1.807) is 0 Å². The van der Waals surface area contributed by atoms with Crippen LogP contribution in [-0.2, 0) is 6.54 Å². The predicted molar refractivity (Wildman–Crippen MR) is 123 cm³/mol. The van der Waals surface area contributed by atoms with Crippen LogP contribution in [0.2, 0.25) is 0 Å². The first-order chi connectivity index (χ1) is 13.2. The molecule has 154 valence electrons. The van der Waals surface area contributed by atoms with Crippen molar-refractivity contribution in [2.24, 2.45) is 5.92 Å². The standard InChI is InChI=1S/C22H25N5.2ClH/c1-15-13-26(14-17-6-4-3-5-7-17)11-9-20(15)27-16(2)25-19-12-24-22-18(21(19)27)8-10-23-22;;/h3-8,10,12,15,20H,9,11,13-14H2,1-2H3,(H,23,24);2*1H. The second-order valence-corrected chi connectivity index (χ2v) is 7.82. The van der Waals surface area contributed by atoms with Crippen molar-refractivity contribution in [1.82, 2.24) is 24.4 Å². The summed E-state index contributed by atoms with van der Waals surface area (Å²) in [5, 5.41) is 1.17. The van der Waals surface area contributed by atoms with Gasteiger partial charge in [0, 0.05) is 37.3 Å². The van der Waals surface area contributed by atoms with E-state index < -0.39 is 0 Å². The molecule has 7 heteroatoms.